The molecule has 0 saturated carbocycles. The summed E-state index contributed by atoms with van der Waals surface area (Å²) < 4.78 is 0. The second-order valence-corrected chi connectivity index (χ2v) is 7.97. The monoisotopic (exact) mass is 515 g/mol. The van der Waals surface area contributed by atoms with Gasteiger partial charge in [0, 0.05) is 25.2 Å². The van der Waals surface area contributed by atoms with E-state index < -0.39 is 34.9 Å². The summed E-state index contributed by atoms with van der Waals surface area (Å²) in [4.78, 5) is 50.1. The van der Waals surface area contributed by atoms with Crippen LogP contribution in [-0.2, 0) is 14.4 Å². The van der Waals surface area contributed by atoms with Crippen molar-refractivity contribution in [2.24, 2.45) is 0 Å². The Morgan fingerprint density at radius 2 is 1.91 bits per heavy atom. The van der Waals surface area contributed by atoms with Crippen LogP contribution in [0.3, 0.4) is 0 Å². The van der Waals surface area contributed by atoms with Crippen LogP contribution in [0.25, 0.3) is 0 Å². The Bertz CT molecular complexity index is 1050. The number of carboxylic acids is 1. The maximum absolute atomic E-state index is 12.3. The molecule has 0 radical (unpaired) electrons. The number of nitro groups is 1. The normalized spacial score (nSPS) is 11.0. The van der Waals surface area contributed by atoms with Crippen LogP contribution in [0.5, 0.6) is 0 Å². The first kappa shape index (κ1) is 30.3. The van der Waals surface area contributed by atoms with Gasteiger partial charge in [-0.1, -0.05) is 17.7 Å². The zero-order valence-electron chi connectivity index (χ0n) is 18.5. The summed E-state index contributed by atoms with van der Waals surface area (Å²) in [5.74, 6) is -1.38. The van der Waals surface area contributed by atoms with E-state index in [1.165, 1.54) is 12.1 Å². The molecule has 0 spiro atoms. The molecule has 2 aromatic rings. The van der Waals surface area contributed by atoms with Crippen molar-refractivity contribution < 1.29 is 24.4 Å². The number of amides is 2. The minimum absolute atomic E-state index is 0. The Hall–Kier alpha value is -2.73. The Balaban J connectivity index is 0.00000612. The van der Waals surface area contributed by atoms with Crippen LogP contribution in [-0.4, -0.2) is 75.4 Å². The van der Waals surface area contributed by atoms with Crippen LogP contribution < -0.4 is 16.0 Å². The third-order valence-electron chi connectivity index (χ3n) is 4.78. The van der Waals surface area contributed by atoms with Crippen molar-refractivity contribution in [3.8, 4) is 0 Å². The standard InChI is InChI=1S/C22H26ClN5O6.Na.H/c1-14-7-9-25-19(10-14)24-8-3-2-4-20(29)26-13-21(30)27-17(12-22(31)32)15-5-6-16(23)18(11-15)28(33)34;;/h5-7,9-11,17H,2-4,8,12-13H2,1H3,(H,24,25)(H,26,29)(H,27,30)(H,31,32);;. The molecule has 1 aromatic carbocycles. The van der Waals surface area contributed by atoms with Crippen LogP contribution in [0.2, 0.25) is 5.02 Å². The molecule has 2 rings (SSSR count). The second kappa shape index (κ2) is 15.3. The summed E-state index contributed by atoms with van der Waals surface area (Å²) in [7, 11) is 0. The number of nitrogens with one attached hydrogen (secondary N) is 3. The van der Waals surface area contributed by atoms with Crippen LogP contribution in [0.4, 0.5) is 11.5 Å². The summed E-state index contributed by atoms with van der Waals surface area (Å²) in [6.07, 6.45) is 2.76. The molecule has 0 aliphatic heterocycles. The molecule has 4 N–H and O–H groups in total. The topological polar surface area (TPSA) is 164 Å². The maximum atomic E-state index is 12.3. The van der Waals surface area contributed by atoms with Crippen LogP contribution in [0, 0.1) is 17.0 Å². The van der Waals surface area contributed by atoms with Gasteiger partial charge >= 0.3 is 35.5 Å². The molecule has 184 valence electrons. The van der Waals surface area contributed by atoms with Crippen LogP contribution in [0.15, 0.2) is 36.5 Å². The van der Waals surface area contributed by atoms with E-state index in [1.54, 1.807) is 6.20 Å². The Labute approximate surface area is 229 Å². The van der Waals surface area contributed by atoms with E-state index in [-0.39, 0.29) is 59.0 Å². The summed E-state index contributed by atoms with van der Waals surface area (Å²) in [6.45, 7) is 2.26. The van der Waals surface area contributed by atoms with E-state index in [0.29, 0.717) is 13.0 Å². The number of aliphatic carboxylic acids is 1. The number of nitrogens with zero attached hydrogens (tertiary/aromatic N) is 2. The molecule has 2 amide bonds. The Morgan fingerprint density at radius 1 is 1.17 bits per heavy atom. The average molecular weight is 516 g/mol. The number of carbonyl (C=O) groups excluding carboxylic acids is 2. The Kier molecular flexibility index (Phi) is 13.2. The van der Waals surface area contributed by atoms with Gasteiger partial charge < -0.3 is 21.1 Å². The SMILES string of the molecule is Cc1ccnc(NCCCCC(=O)NCC(=O)NC(CC(=O)O)c2ccc(Cl)c([N+](=O)[O-])c2)c1.[NaH]. The number of pyridine rings is 1. The quantitative estimate of drug-likeness (QED) is 0.137. The van der Waals surface area contributed by atoms with Gasteiger partial charge in [0.2, 0.25) is 11.8 Å². The minimum atomic E-state index is -1.21. The van der Waals surface area contributed by atoms with E-state index >= 15 is 0 Å². The van der Waals surface area contributed by atoms with Crippen molar-refractivity contribution in [1.82, 2.24) is 15.6 Å². The molecule has 0 fully saturated rings. The fourth-order valence-corrected chi connectivity index (χ4v) is 3.27. The average Bonchev–Trinajstić information content (AvgIpc) is 2.77. The number of hydrogen-bond acceptors (Lipinski definition) is 7. The Morgan fingerprint density at radius 3 is 2.57 bits per heavy atom. The van der Waals surface area contributed by atoms with Crippen LogP contribution >= 0.6 is 11.6 Å². The molecule has 0 bridgehead atoms. The molecule has 1 atom stereocenters. The fraction of sp³-hybridized carbons (Fsp3) is 0.364. The van der Waals surface area contributed by atoms with Gasteiger partial charge in [0.15, 0.2) is 0 Å². The second-order valence-electron chi connectivity index (χ2n) is 7.56. The van der Waals surface area contributed by atoms with Gasteiger partial charge in [-0.2, -0.15) is 0 Å². The molecule has 0 aliphatic rings. The third kappa shape index (κ3) is 11.0. The van der Waals surface area contributed by atoms with Crippen LogP contribution in [0.1, 0.15) is 42.9 Å². The molecule has 0 aliphatic carbocycles. The van der Waals surface area contributed by atoms with Gasteiger partial charge in [0.05, 0.1) is 23.9 Å². The number of halogens is 1. The molecule has 1 heterocycles. The first-order valence-electron chi connectivity index (χ1n) is 10.5. The van der Waals surface area contributed by atoms with Gasteiger partial charge in [-0.3, -0.25) is 24.5 Å². The number of carboxylic acid groups (broad SMARTS) is 1. The summed E-state index contributed by atoms with van der Waals surface area (Å²) in [6, 6.07) is 6.58. The number of aryl methyl sites for hydroxylation is 1. The zero-order valence-corrected chi connectivity index (χ0v) is 19.3. The molecule has 1 aromatic heterocycles. The first-order chi connectivity index (χ1) is 16.2. The van der Waals surface area contributed by atoms with Gasteiger partial charge in [0.25, 0.3) is 5.69 Å². The van der Waals surface area contributed by atoms with Gasteiger partial charge in [-0.05, 0) is 49.1 Å². The molecule has 35 heavy (non-hydrogen) atoms. The predicted octanol–water partition coefficient (Wildman–Crippen LogP) is 2.33. The number of unbranched alkanes of at least 4 members (excludes halogenated alkanes) is 1. The summed E-state index contributed by atoms with van der Waals surface area (Å²) in [5, 5.41) is 28.3. The van der Waals surface area contributed by atoms with Gasteiger partial charge in [0.1, 0.15) is 10.8 Å². The van der Waals surface area contributed by atoms with E-state index in [1.807, 2.05) is 19.1 Å². The van der Waals surface area contributed by atoms with Gasteiger partial charge in [-0.15, -0.1) is 0 Å². The predicted molar refractivity (Wildman–Crippen MR) is 133 cm³/mol. The molecule has 1 unspecified atom stereocenters. The van der Waals surface area contributed by atoms with Crippen molar-refractivity contribution in [3.05, 3.63) is 62.8 Å². The summed E-state index contributed by atoms with van der Waals surface area (Å²) >= 11 is 5.79. The molecular formula is C22H27ClN5NaO6. The number of benzene rings is 1. The van der Waals surface area contributed by atoms with E-state index in [9.17, 15) is 24.5 Å². The van der Waals surface area contributed by atoms with Crippen molar-refractivity contribution in [3.63, 3.8) is 0 Å². The molecule has 13 heteroatoms. The van der Waals surface area contributed by atoms with E-state index in [2.05, 4.69) is 20.9 Å². The number of carbonyl (C=O) groups is 3. The fourth-order valence-electron chi connectivity index (χ4n) is 3.09. The number of anilines is 1. The number of nitro benzene ring substituents is 1. The van der Waals surface area contributed by atoms with Crippen molar-refractivity contribution >= 4 is 70.4 Å². The van der Waals surface area contributed by atoms with Crippen molar-refractivity contribution in [1.29, 1.82) is 0 Å². The molecule has 0 saturated heterocycles. The molecule has 11 nitrogen and oxygen atoms in total. The van der Waals surface area contributed by atoms with Crippen molar-refractivity contribution in [2.75, 3.05) is 18.4 Å². The van der Waals surface area contributed by atoms with E-state index in [4.69, 9.17) is 16.7 Å². The van der Waals surface area contributed by atoms with Crippen molar-refractivity contribution in [2.45, 2.75) is 38.6 Å². The summed E-state index contributed by atoms with van der Waals surface area (Å²) in [5.41, 5.74) is 0.911. The number of hydrogen-bond donors (Lipinski definition) is 4. The first-order valence-corrected chi connectivity index (χ1v) is 10.9. The third-order valence-corrected chi connectivity index (χ3v) is 5.10. The zero-order chi connectivity index (χ0) is 25.1. The number of aromatic nitrogens is 1. The van der Waals surface area contributed by atoms with Gasteiger partial charge in [-0.25, -0.2) is 4.98 Å². The molecular weight excluding hydrogens is 489 g/mol. The number of rotatable bonds is 13. The van der Waals surface area contributed by atoms with E-state index in [0.717, 1.165) is 23.9 Å².